The number of rotatable bonds is 3. The average Bonchev–Trinajstić information content (AvgIpc) is 2.34. The van der Waals surface area contributed by atoms with E-state index in [0.29, 0.717) is 15.9 Å². The summed E-state index contributed by atoms with van der Waals surface area (Å²) in [6.45, 7) is 5.24. The highest BCUT2D eigenvalue weighted by Crippen LogP contribution is 2.09. The second kappa shape index (κ2) is 5.28. The van der Waals surface area contributed by atoms with Gasteiger partial charge in [-0.25, -0.2) is 4.98 Å². The number of aromatic nitrogens is 3. The van der Waals surface area contributed by atoms with Crippen LogP contribution in [0.4, 0.5) is 5.95 Å². The lowest BCUT2D eigenvalue weighted by Gasteiger charge is -2.19. The van der Waals surface area contributed by atoms with Crippen LogP contribution in [-0.2, 0) is 9.53 Å². The summed E-state index contributed by atoms with van der Waals surface area (Å²) in [5.74, 6) is -0.351. The van der Waals surface area contributed by atoms with E-state index in [9.17, 15) is 10.0 Å². The lowest BCUT2D eigenvalue weighted by molar-refractivity contribution is -0.641. The number of benzene rings is 1. The fraction of sp³-hybridized carbons (Fsp3) is 0.385. The van der Waals surface area contributed by atoms with Gasteiger partial charge in [0.05, 0.1) is 5.10 Å². The van der Waals surface area contributed by atoms with Gasteiger partial charge in [-0.3, -0.25) is 4.79 Å². The number of hydrogen-bond donors (Lipinski definition) is 1. The van der Waals surface area contributed by atoms with Crippen molar-refractivity contribution in [1.82, 2.24) is 10.1 Å². The Bertz CT molecular complexity index is 637. The highest BCUT2D eigenvalue weighted by atomic mass is 16.6. The van der Waals surface area contributed by atoms with Crippen molar-refractivity contribution in [2.75, 3.05) is 11.9 Å². The molecule has 20 heavy (non-hydrogen) atoms. The minimum absolute atomic E-state index is 0.0876. The van der Waals surface area contributed by atoms with Gasteiger partial charge in [-0.15, -0.1) is 0 Å². The molecule has 0 atom stereocenters. The van der Waals surface area contributed by atoms with Crippen molar-refractivity contribution in [2.45, 2.75) is 26.4 Å². The van der Waals surface area contributed by atoms with Crippen LogP contribution in [0, 0.1) is 5.21 Å². The third kappa shape index (κ3) is 3.53. The van der Waals surface area contributed by atoms with Gasteiger partial charge in [0.1, 0.15) is 17.7 Å². The van der Waals surface area contributed by atoms with Crippen molar-refractivity contribution >= 4 is 23.0 Å². The number of nitrogens with zero attached hydrogens (tertiary/aromatic N) is 3. The highest BCUT2D eigenvalue weighted by Gasteiger charge is 2.17. The van der Waals surface area contributed by atoms with Crippen LogP contribution in [0.5, 0.6) is 0 Å². The summed E-state index contributed by atoms with van der Waals surface area (Å²) in [6, 6.07) is 6.82. The highest BCUT2D eigenvalue weighted by molar-refractivity contribution is 5.75. The number of fused-ring (bicyclic) bond motifs is 1. The van der Waals surface area contributed by atoms with Crippen molar-refractivity contribution in [3.05, 3.63) is 29.5 Å². The number of carbonyl (C=O) groups is 1. The van der Waals surface area contributed by atoms with Crippen molar-refractivity contribution in [3.8, 4) is 0 Å². The molecule has 2 aromatic rings. The van der Waals surface area contributed by atoms with Gasteiger partial charge in [0.15, 0.2) is 0 Å². The van der Waals surface area contributed by atoms with E-state index in [4.69, 9.17) is 4.74 Å². The largest absolute Gasteiger partial charge is 0.594 e. The Morgan fingerprint density at radius 2 is 2.10 bits per heavy atom. The average molecular weight is 276 g/mol. The molecule has 0 fully saturated rings. The van der Waals surface area contributed by atoms with Crippen LogP contribution < -0.4 is 10.2 Å². The number of anilines is 1. The Morgan fingerprint density at radius 1 is 1.40 bits per heavy atom. The van der Waals surface area contributed by atoms with Crippen LogP contribution >= 0.6 is 0 Å². The molecule has 0 aliphatic carbocycles. The maximum atomic E-state index is 11.7. The Balaban J connectivity index is 2.09. The zero-order valence-electron chi connectivity index (χ0n) is 11.6. The number of esters is 1. The number of nitrogens with one attached hydrogen (secondary N) is 1. The molecule has 0 aliphatic heterocycles. The quantitative estimate of drug-likeness (QED) is 0.511. The van der Waals surface area contributed by atoms with Gasteiger partial charge < -0.3 is 15.3 Å². The van der Waals surface area contributed by atoms with Crippen LogP contribution in [0.1, 0.15) is 20.8 Å². The summed E-state index contributed by atoms with van der Waals surface area (Å²) in [7, 11) is 0. The minimum atomic E-state index is -0.554. The van der Waals surface area contributed by atoms with Gasteiger partial charge in [-0.05, 0) is 31.7 Å². The molecule has 1 N–H and O–H groups in total. The molecule has 0 amide bonds. The first-order valence-corrected chi connectivity index (χ1v) is 6.17. The summed E-state index contributed by atoms with van der Waals surface area (Å²) >= 11 is 0. The Hall–Kier alpha value is -2.44. The first-order valence-electron chi connectivity index (χ1n) is 6.17. The molecule has 0 saturated carbocycles. The van der Waals surface area contributed by atoms with E-state index in [-0.39, 0.29) is 12.5 Å². The summed E-state index contributed by atoms with van der Waals surface area (Å²) in [6.07, 6.45) is 0. The smallest absolute Gasteiger partial charge is 0.325 e. The molecular weight excluding hydrogens is 260 g/mol. The molecule has 1 aromatic heterocycles. The Morgan fingerprint density at radius 3 is 2.80 bits per heavy atom. The summed E-state index contributed by atoms with van der Waals surface area (Å²) in [4.78, 5) is 16.2. The monoisotopic (exact) mass is 276 g/mol. The molecule has 0 bridgehead atoms. The number of hydrogen-bond acceptors (Lipinski definition) is 6. The van der Waals surface area contributed by atoms with E-state index in [1.807, 2.05) is 0 Å². The predicted molar refractivity (Wildman–Crippen MR) is 72.8 cm³/mol. The molecule has 106 valence electrons. The SMILES string of the molecule is CC(C)(C)OC(=O)CNc1nc2ccccc2[n+]([O-])n1. The van der Waals surface area contributed by atoms with Crippen molar-refractivity contribution in [3.63, 3.8) is 0 Å². The minimum Gasteiger partial charge on any atom is -0.594 e. The van der Waals surface area contributed by atoms with Gasteiger partial charge in [0.2, 0.25) is 0 Å². The van der Waals surface area contributed by atoms with Gasteiger partial charge in [-0.1, -0.05) is 12.1 Å². The zero-order chi connectivity index (χ0) is 14.8. The van der Waals surface area contributed by atoms with Crippen LogP contribution in [0.15, 0.2) is 24.3 Å². The molecule has 7 nitrogen and oxygen atoms in total. The maximum absolute atomic E-state index is 11.7. The van der Waals surface area contributed by atoms with E-state index in [0.717, 1.165) is 0 Å². The van der Waals surface area contributed by atoms with Crippen molar-refractivity contribution in [1.29, 1.82) is 0 Å². The van der Waals surface area contributed by atoms with Gasteiger partial charge in [-0.2, -0.15) is 0 Å². The number of ether oxygens (including phenoxy) is 1. The lowest BCUT2D eigenvalue weighted by Crippen LogP contribution is -2.34. The van der Waals surface area contributed by atoms with Crippen LogP contribution in [0.2, 0.25) is 0 Å². The van der Waals surface area contributed by atoms with E-state index < -0.39 is 11.6 Å². The topological polar surface area (TPSA) is 91.0 Å². The second-order valence-corrected chi connectivity index (χ2v) is 5.24. The fourth-order valence-corrected chi connectivity index (χ4v) is 1.60. The van der Waals surface area contributed by atoms with E-state index >= 15 is 0 Å². The Labute approximate surface area is 116 Å². The first kappa shape index (κ1) is 14.0. The molecule has 0 spiro atoms. The molecule has 1 heterocycles. The van der Waals surface area contributed by atoms with Crippen LogP contribution in [-0.4, -0.2) is 28.2 Å². The third-order valence-corrected chi connectivity index (χ3v) is 2.31. The lowest BCUT2D eigenvalue weighted by atomic mass is 10.2. The maximum Gasteiger partial charge on any atom is 0.325 e. The Kier molecular flexibility index (Phi) is 3.69. The summed E-state index contributed by atoms with van der Waals surface area (Å²) in [5.41, 5.74) is 0.320. The molecule has 2 rings (SSSR count). The predicted octanol–water partition coefficient (Wildman–Crippen LogP) is 1.02. The number of carbonyl (C=O) groups excluding carboxylic acids is 1. The van der Waals surface area contributed by atoms with Crippen LogP contribution in [0.25, 0.3) is 11.0 Å². The normalized spacial score (nSPS) is 11.3. The first-order chi connectivity index (χ1) is 9.35. The molecular formula is C13H16N4O3. The van der Waals surface area contributed by atoms with Crippen LogP contribution in [0.3, 0.4) is 0 Å². The van der Waals surface area contributed by atoms with E-state index in [1.54, 1.807) is 45.0 Å². The third-order valence-electron chi connectivity index (χ3n) is 2.31. The number of para-hydroxylation sites is 2. The molecule has 0 radical (unpaired) electrons. The van der Waals surface area contributed by atoms with E-state index in [2.05, 4.69) is 15.4 Å². The van der Waals surface area contributed by atoms with Crippen molar-refractivity contribution in [2.24, 2.45) is 0 Å². The summed E-state index contributed by atoms with van der Waals surface area (Å²) in [5, 5.41) is 18.1. The standard InChI is InChI=1S/C13H16N4O3/c1-13(2,3)20-11(18)8-14-12-15-9-6-4-5-7-10(9)17(19)16-12/h4-7H,8H2,1-3H3,(H,14,15,16). The summed E-state index contributed by atoms with van der Waals surface area (Å²) < 4.78 is 5.14. The second-order valence-electron chi connectivity index (χ2n) is 5.24. The molecule has 7 heteroatoms. The molecule has 0 unspecified atom stereocenters. The zero-order valence-corrected chi connectivity index (χ0v) is 11.6. The fourth-order valence-electron chi connectivity index (χ4n) is 1.60. The van der Waals surface area contributed by atoms with Gasteiger partial charge in [0, 0.05) is 6.07 Å². The van der Waals surface area contributed by atoms with E-state index in [1.165, 1.54) is 0 Å². The molecule has 0 aliphatic rings. The van der Waals surface area contributed by atoms with Gasteiger partial charge in [0.25, 0.3) is 11.5 Å². The molecule has 0 saturated heterocycles. The van der Waals surface area contributed by atoms with Crippen molar-refractivity contribution < 1.29 is 14.4 Å². The van der Waals surface area contributed by atoms with Gasteiger partial charge >= 0.3 is 5.97 Å². The molecule has 1 aromatic carbocycles.